The molecule has 0 saturated carbocycles. The Morgan fingerprint density at radius 1 is 1.54 bits per heavy atom. The largest absolute Gasteiger partial charge is 0.391 e. The van der Waals surface area contributed by atoms with Crippen molar-refractivity contribution in [1.29, 1.82) is 0 Å². The van der Waals surface area contributed by atoms with Gasteiger partial charge >= 0.3 is 0 Å². The highest BCUT2D eigenvalue weighted by Crippen LogP contribution is 2.31. The van der Waals surface area contributed by atoms with Crippen molar-refractivity contribution >= 4 is 11.3 Å². The minimum Gasteiger partial charge on any atom is -0.391 e. The Balaban J connectivity index is 2.24. The molecule has 0 aromatic carbocycles. The Kier molecular flexibility index (Phi) is 2.41. The molecule has 2 nitrogen and oxygen atoms in total. The molecule has 1 aliphatic heterocycles. The molecular weight excluding hydrogens is 182 g/mol. The summed E-state index contributed by atoms with van der Waals surface area (Å²) in [6.45, 7) is 5.18. The molecule has 0 amide bonds. The molecule has 1 aromatic heterocycles. The molecule has 2 atom stereocenters. The van der Waals surface area contributed by atoms with E-state index in [1.807, 2.05) is 0 Å². The molecule has 72 valence electrons. The number of rotatable bonds is 1. The topological polar surface area (TPSA) is 32.3 Å². The van der Waals surface area contributed by atoms with Gasteiger partial charge in [-0.3, -0.25) is 0 Å². The zero-order valence-corrected chi connectivity index (χ0v) is 8.82. The number of aryl methyl sites for hydroxylation is 2. The van der Waals surface area contributed by atoms with Gasteiger partial charge < -0.3 is 10.4 Å². The smallest absolute Gasteiger partial charge is 0.0755 e. The van der Waals surface area contributed by atoms with Gasteiger partial charge in [0.1, 0.15) is 0 Å². The van der Waals surface area contributed by atoms with Crippen LogP contribution in [0, 0.1) is 13.8 Å². The molecule has 2 heterocycles. The number of aliphatic hydroxyl groups excluding tert-OH is 1. The Hall–Kier alpha value is -0.380. The van der Waals surface area contributed by atoms with Crippen LogP contribution in [0.1, 0.15) is 27.8 Å². The van der Waals surface area contributed by atoms with Crippen LogP contribution in [0.25, 0.3) is 0 Å². The molecule has 1 saturated heterocycles. The number of hydrogen-bond donors (Lipinski definition) is 2. The van der Waals surface area contributed by atoms with Crippen molar-refractivity contribution in [3.05, 3.63) is 21.4 Å². The van der Waals surface area contributed by atoms with E-state index < -0.39 is 0 Å². The number of nitrogens with one attached hydrogen (secondary N) is 1. The summed E-state index contributed by atoms with van der Waals surface area (Å²) in [6, 6.07) is 2.36. The van der Waals surface area contributed by atoms with E-state index in [2.05, 4.69) is 25.2 Å². The van der Waals surface area contributed by atoms with E-state index in [-0.39, 0.29) is 12.1 Å². The van der Waals surface area contributed by atoms with Crippen molar-refractivity contribution in [2.45, 2.75) is 32.4 Å². The molecule has 0 spiro atoms. The maximum Gasteiger partial charge on any atom is 0.0755 e. The van der Waals surface area contributed by atoms with Crippen molar-refractivity contribution in [3.8, 4) is 0 Å². The highest BCUT2D eigenvalue weighted by Gasteiger charge is 2.27. The molecule has 0 bridgehead atoms. The first-order valence-corrected chi connectivity index (χ1v) is 5.48. The van der Waals surface area contributed by atoms with Crippen LogP contribution in [0.2, 0.25) is 0 Å². The Morgan fingerprint density at radius 3 is 2.77 bits per heavy atom. The fourth-order valence-corrected chi connectivity index (χ4v) is 2.91. The van der Waals surface area contributed by atoms with Crippen LogP contribution in [0.15, 0.2) is 6.07 Å². The summed E-state index contributed by atoms with van der Waals surface area (Å²) in [5.41, 5.74) is 1.33. The lowest BCUT2D eigenvalue weighted by Gasteiger charge is -2.11. The third kappa shape index (κ3) is 1.64. The van der Waals surface area contributed by atoms with Gasteiger partial charge in [-0.2, -0.15) is 0 Å². The molecule has 2 N–H and O–H groups in total. The fourth-order valence-electron chi connectivity index (χ4n) is 1.73. The molecule has 0 aliphatic carbocycles. The van der Waals surface area contributed by atoms with E-state index in [9.17, 15) is 5.11 Å². The van der Waals surface area contributed by atoms with E-state index in [1.54, 1.807) is 11.3 Å². The molecule has 3 heteroatoms. The summed E-state index contributed by atoms with van der Waals surface area (Å²) in [7, 11) is 0. The van der Waals surface area contributed by atoms with Crippen molar-refractivity contribution < 1.29 is 5.11 Å². The summed E-state index contributed by atoms with van der Waals surface area (Å²) in [4.78, 5) is 2.64. The minimum atomic E-state index is -0.197. The van der Waals surface area contributed by atoms with Crippen LogP contribution >= 0.6 is 11.3 Å². The van der Waals surface area contributed by atoms with E-state index in [4.69, 9.17) is 0 Å². The first kappa shape index (κ1) is 9.19. The molecule has 0 radical (unpaired) electrons. The summed E-state index contributed by atoms with van der Waals surface area (Å²) in [5.74, 6) is 0. The Labute approximate surface area is 82.6 Å². The summed E-state index contributed by atoms with van der Waals surface area (Å²) < 4.78 is 0. The zero-order chi connectivity index (χ0) is 9.42. The maximum absolute atomic E-state index is 9.69. The second-order valence-corrected chi connectivity index (χ2v) is 4.96. The van der Waals surface area contributed by atoms with Crippen LogP contribution in [0.3, 0.4) is 0 Å². The maximum atomic E-state index is 9.69. The second kappa shape index (κ2) is 3.40. The third-order valence-corrected chi connectivity index (χ3v) is 3.92. The van der Waals surface area contributed by atoms with Gasteiger partial charge in [-0.05, 0) is 38.4 Å². The Bertz CT molecular complexity index is 288. The van der Waals surface area contributed by atoms with Gasteiger partial charge in [0.15, 0.2) is 0 Å². The monoisotopic (exact) mass is 197 g/mol. The van der Waals surface area contributed by atoms with Gasteiger partial charge in [0.25, 0.3) is 0 Å². The van der Waals surface area contributed by atoms with Crippen molar-refractivity contribution in [2.24, 2.45) is 0 Å². The van der Waals surface area contributed by atoms with Gasteiger partial charge in [0.2, 0.25) is 0 Å². The predicted molar refractivity (Wildman–Crippen MR) is 55.2 cm³/mol. The van der Waals surface area contributed by atoms with Crippen molar-refractivity contribution in [2.75, 3.05) is 6.54 Å². The van der Waals surface area contributed by atoms with E-state index in [0.717, 1.165) is 13.0 Å². The molecule has 1 aromatic rings. The van der Waals surface area contributed by atoms with Crippen molar-refractivity contribution in [1.82, 2.24) is 5.32 Å². The van der Waals surface area contributed by atoms with Crippen molar-refractivity contribution in [3.63, 3.8) is 0 Å². The molecule has 2 unspecified atom stereocenters. The number of hydrogen-bond acceptors (Lipinski definition) is 3. The summed E-state index contributed by atoms with van der Waals surface area (Å²) >= 11 is 1.79. The quantitative estimate of drug-likeness (QED) is 0.719. The van der Waals surface area contributed by atoms with Gasteiger partial charge in [-0.15, -0.1) is 11.3 Å². The summed E-state index contributed by atoms with van der Waals surface area (Å²) in [5, 5.41) is 13.0. The average Bonchev–Trinajstić information content (AvgIpc) is 2.60. The highest BCUT2D eigenvalue weighted by molar-refractivity contribution is 7.12. The number of aliphatic hydroxyl groups is 1. The molecule has 13 heavy (non-hydrogen) atoms. The standard InChI is InChI=1S/C10H15NOS/c1-6-5-9(13-7(6)2)10-8(12)3-4-11-10/h5,8,10-12H,3-4H2,1-2H3. The Morgan fingerprint density at radius 2 is 2.31 bits per heavy atom. The predicted octanol–water partition coefficient (Wildman–Crippen LogP) is 1.76. The van der Waals surface area contributed by atoms with Crippen LogP contribution in [-0.2, 0) is 0 Å². The first-order chi connectivity index (χ1) is 6.18. The zero-order valence-electron chi connectivity index (χ0n) is 8.00. The van der Waals surface area contributed by atoms with Crippen LogP contribution in [-0.4, -0.2) is 17.8 Å². The SMILES string of the molecule is Cc1cc(C2NCCC2O)sc1C. The van der Waals surface area contributed by atoms with E-state index in [0.29, 0.717) is 0 Å². The minimum absolute atomic E-state index is 0.178. The summed E-state index contributed by atoms with van der Waals surface area (Å²) in [6.07, 6.45) is 0.679. The normalized spacial score (nSPS) is 28.2. The third-order valence-electron chi connectivity index (χ3n) is 2.68. The lowest BCUT2D eigenvalue weighted by Crippen LogP contribution is -2.19. The van der Waals surface area contributed by atoms with Crippen LogP contribution in [0.5, 0.6) is 0 Å². The first-order valence-electron chi connectivity index (χ1n) is 4.67. The van der Waals surface area contributed by atoms with Gasteiger partial charge in [-0.25, -0.2) is 0 Å². The molecule has 1 aliphatic rings. The molecule has 2 rings (SSSR count). The van der Waals surface area contributed by atoms with Crippen LogP contribution < -0.4 is 5.32 Å². The molecule has 1 fully saturated rings. The van der Waals surface area contributed by atoms with Crippen LogP contribution in [0.4, 0.5) is 0 Å². The van der Waals surface area contributed by atoms with E-state index in [1.165, 1.54) is 15.3 Å². The molecular formula is C10H15NOS. The second-order valence-electron chi connectivity index (χ2n) is 3.68. The lowest BCUT2D eigenvalue weighted by molar-refractivity contribution is 0.161. The van der Waals surface area contributed by atoms with Gasteiger partial charge in [-0.1, -0.05) is 0 Å². The number of thiophene rings is 1. The average molecular weight is 197 g/mol. The van der Waals surface area contributed by atoms with E-state index >= 15 is 0 Å². The fraction of sp³-hybridized carbons (Fsp3) is 0.600. The van der Waals surface area contributed by atoms with Gasteiger partial charge in [0, 0.05) is 9.75 Å². The lowest BCUT2D eigenvalue weighted by atomic mass is 10.1. The van der Waals surface area contributed by atoms with Gasteiger partial charge in [0.05, 0.1) is 12.1 Å². The highest BCUT2D eigenvalue weighted by atomic mass is 32.1.